The number of aliphatic hydroxyl groups is 1. The molecule has 3 heteroatoms. The van der Waals surface area contributed by atoms with Crippen molar-refractivity contribution in [3.63, 3.8) is 0 Å². The Kier molecular flexibility index (Phi) is 2.50. The average Bonchev–Trinajstić information content (AvgIpc) is 2.29. The summed E-state index contributed by atoms with van der Waals surface area (Å²) in [6, 6.07) is 5.57. The maximum Gasteiger partial charge on any atom is 0.196 e. The summed E-state index contributed by atoms with van der Waals surface area (Å²) < 4.78 is 10.4. The average molecular weight is 206 g/mol. The monoisotopic (exact) mass is 206 g/mol. The summed E-state index contributed by atoms with van der Waals surface area (Å²) in [4.78, 5) is 0. The molecule has 0 aromatic heterocycles. The molecule has 0 amide bonds. The second-order valence-corrected chi connectivity index (χ2v) is 3.52. The minimum absolute atomic E-state index is 0.462. The fourth-order valence-corrected chi connectivity index (χ4v) is 1.87. The normalized spacial score (nSPS) is 23.7. The number of rotatable bonds is 2. The molecule has 3 nitrogen and oxygen atoms in total. The molecule has 1 unspecified atom stereocenters. The molecule has 1 aromatic rings. The minimum atomic E-state index is -1.22. The maximum atomic E-state index is 10.2. The number of benzene rings is 1. The molecule has 0 fully saturated rings. The molecular weight excluding hydrogens is 192 g/mol. The van der Waals surface area contributed by atoms with Crippen LogP contribution in [0.2, 0.25) is 0 Å². The summed E-state index contributed by atoms with van der Waals surface area (Å²) in [6.45, 7) is 0. The van der Waals surface area contributed by atoms with Gasteiger partial charge in [-0.15, -0.1) is 0 Å². The molecule has 1 atom stereocenters. The van der Waals surface area contributed by atoms with Crippen LogP contribution in [0.3, 0.4) is 0 Å². The number of methoxy groups -OCH3 is 2. The molecule has 0 heterocycles. The van der Waals surface area contributed by atoms with Gasteiger partial charge < -0.3 is 14.6 Å². The van der Waals surface area contributed by atoms with Gasteiger partial charge in [0.1, 0.15) is 5.75 Å². The Bertz CT molecular complexity index is 398. The van der Waals surface area contributed by atoms with Gasteiger partial charge in [-0.1, -0.05) is 24.3 Å². The second-order valence-electron chi connectivity index (χ2n) is 3.52. The van der Waals surface area contributed by atoms with Crippen LogP contribution in [-0.2, 0) is 10.5 Å². The predicted molar refractivity (Wildman–Crippen MR) is 57.6 cm³/mol. The zero-order chi connectivity index (χ0) is 10.9. The highest BCUT2D eigenvalue weighted by Gasteiger charge is 2.33. The molecule has 80 valence electrons. The molecular formula is C12H14O3. The van der Waals surface area contributed by atoms with Gasteiger partial charge in [-0.3, -0.25) is 0 Å². The summed E-state index contributed by atoms with van der Waals surface area (Å²) in [6.07, 6.45) is 4.29. The van der Waals surface area contributed by atoms with E-state index < -0.39 is 5.79 Å². The molecule has 15 heavy (non-hydrogen) atoms. The zero-order valence-electron chi connectivity index (χ0n) is 8.86. The number of ether oxygens (including phenoxy) is 2. The van der Waals surface area contributed by atoms with Crippen molar-refractivity contribution in [3.8, 4) is 5.75 Å². The van der Waals surface area contributed by atoms with Gasteiger partial charge in [-0.25, -0.2) is 0 Å². The van der Waals surface area contributed by atoms with Crippen molar-refractivity contribution >= 4 is 6.08 Å². The van der Waals surface area contributed by atoms with Crippen LogP contribution in [0.4, 0.5) is 0 Å². The Morgan fingerprint density at radius 1 is 1.33 bits per heavy atom. The second kappa shape index (κ2) is 3.68. The molecule has 2 rings (SSSR count). The molecule has 1 aliphatic carbocycles. The van der Waals surface area contributed by atoms with Crippen LogP contribution in [0.1, 0.15) is 17.5 Å². The lowest BCUT2D eigenvalue weighted by Gasteiger charge is -2.30. The van der Waals surface area contributed by atoms with E-state index in [0.29, 0.717) is 6.42 Å². The van der Waals surface area contributed by atoms with Crippen LogP contribution in [0.25, 0.3) is 6.08 Å². The summed E-state index contributed by atoms with van der Waals surface area (Å²) in [5, 5.41) is 10.2. The molecule has 1 aliphatic rings. The van der Waals surface area contributed by atoms with Gasteiger partial charge in [0.15, 0.2) is 5.79 Å². The van der Waals surface area contributed by atoms with Crippen LogP contribution in [-0.4, -0.2) is 19.3 Å². The van der Waals surface area contributed by atoms with Gasteiger partial charge in [0.25, 0.3) is 0 Å². The van der Waals surface area contributed by atoms with Crippen molar-refractivity contribution in [2.24, 2.45) is 0 Å². The Balaban J connectivity index is 2.59. The lowest BCUT2D eigenvalue weighted by molar-refractivity contribution is -0.192. The highest BCUT2D eigenvalue weighted by molar-refractivity contribution is 5.64. The van der Waals surface area contributed by atoms with Crippen molar-refractivity contribution in [2.45, 2.75) is 12.2 Å². The van der Waals surface area contributed by atoms with Crippen LogP contribution < -0.4 is 4.74 Å². The zero-order valence-corrected chi connectivity index (χ0v) is 8.86. The lowest BCUT2D eigenvalue weighted by atomic mass is 9.91. The van der Waals surface area contributed by atoms with Crippen molar-refractivity contribution in [3.05, 3.63) is 35.4 Å². The van der Waals surface area contributed by atoms with Crippen molar-refractivity contribution < 1.29 is 14.6 Å². The van der Waals surface area contributed by atoms with E-state index in [-0.39, 0.29) is 0 Å². The molecule has 0 radical (unpaired) electrons. The van der Waals surface area contributed by atoms with Gasteiger partial charge in [-0.05, 0) is 6.07 Å². The Morgan fingerprint density at radius 2 is 2.13 bits per heavy atom. The van der Waals surface area contributed by atoms with Gasteiger partial charge in [0.05, 0.1) is 7.11 Å². The maximum absolute atomic E-state index is 10.2. The summed E-state index contributed by atoms with van der Waals surface area (Å²) in [5.74, 6) is -0.475. The van der Waals surface area contributed by atoms with Crippen LogP contribution in [0.5, 0.6) is 5.75 Å². The van der Waals surface area contributed by atoms with Gasteiger partial charge in [-0.2, -0.15) is 0 Å². The molecule has 0 saturated carbocycles. The fourth-order valence-electron chi connectivity index (χ4n) is 1.87. The van der Waals surface area contributed by atoms with E-state index in [1.165, 1.54) is 7.11 Å². The smallest absolute Gasteiger partial charge is 0.196 e. The van der Waals surface area contributed by atoms with Crippen LogP contribution >= 0.6 is 0 Å². The topological polar surface area (TPSA) is 38.7 Å². The van der Waals surface area contributed by atoms with Crippen molar-refractivity contribution in [1.29, 1.82) is 0 Å². The lowest BCUT2D eigenvalue weighted by Crippen LogP contribution is -2.30. The van der Waals surface area contributed by atoms with Gasteiger partial charge in [0, 0.05) is 24.7 Å². The highest BCUT2D eigenvalue weighted by Crippen LogP contribution is 2.38. The Hall–Kier alpha value is -1.32. The van der Waals surface area contributed by atoms with E-state index in [1.54, 1.807) is 7.11 Å². The van der Waals surface area contributed by atoms with Crippen molar-refractivity contribution in [2.75, 3.05) is 14.2 Å². The van der Waals surface area contributed by atoms with E-state index in [9.17, 15) is 5.11 Å². The Morgan fingerprint density at radius 3 is 2.80 bits per heavy atom. The van der Waals surface area contributed by atoms with E-state index >= 15 is 0 Å². The summed E-state index contributed by atoms with van der Waals surface area (Å²) in [7, 11) is 3.12. The molecule has 0 saturated heterocycles. The first-order chi connectivity index (χ1) is 7.21. The largest absolute Gasteiger partial charge is 0.496 e. The molecule has 1 N–H and O–H groups in total. The quantitative estimate of drug-likeness (QED) is 0.751. The van der Waals surface area contributed by atoms with Crippen molar-refractivity contribution in [1.82, 2.24) is 0 Å². The standard InChI is InChI=1S/C12H14O3/c1-14-11-7-3-6-10-9(11)5-4-8-12(10,13)15-2/h3-7,13H,8H2,1-2H3. The predicted octanol–water partition coefficient (Wildman–Crippen LogP) is 1.90. The van der Waals surface area contributed by atoms with E-state index in [1.807, 2.05) is 30.4 Å². The highest BCUT2D eigenvalue weighted by atomic mass is 16.6. The number of hydrogen-bond acceptors (Lipinski definition) is 3. The third kappa shape index (κ3) is 1.54. The Labute approximate surface area is 88.9 Å². The third-order valence-electron chi connectivity index (χ3n) is 2.72. The third-order valence-corrected chi connectivity index (χ3v) is 2.72. The number of fused-ring (bicyclic) bond motifs is 1. The van der Waals surface area contributed by atoms with Crippen LogP contribution in [0.15, 0.2) is 24.3 Å². The van der Waals surface area contributed by atoms with Crippen LogP contribution in [0, 0.1) is 0 Å². The molecule has 0 aliphatic heterocycles. The first-order valence-corrected chi connectivity index (χ1v) is 4.83. The first-order valence-electron chi connectivity index (χ1n) is 4.83. The molecule has 0 bridgehead atoms. The number of hydrogen-bond donors (Lipinski definition) is 1. The SMILES string of the molecule is COc1cccc2c1C=CCC2(O)OC. The molecule has 1 aromatic carbocycles. The van der Waals surface area contributed by atoms with Gasteiger partial charge in [0.2, 0.25) is 0 Å². The van der Waals surface area contributed by atoms with E-state index in [0.717, 1.165) is 16.9 Å². The first kappa shape index (κ1) is 10.2. The molecule has 0 spiro atoms. The van der Waals surface area contributed by atoms with E-state index in [4.69, 9.17) is 9.47 Å². The fraction of sp³-hybridized carbons (Fsp3) is 0.333. The summed E-state index contributed by atoms with van der Waals surface area (Å²) >= 11 is 0. The minimum Gasteiger partial charge on any atom is -0.496 e. The van der Waals surface area contributed by atoms with Gasteiger partial charge >= 0.3 is 0 Å². The van der Waals surface area contributed by atoms with E-state index in [2.05, 4.69) is 0 Å². The summed E-state index contributed by atoms with van der Waals surface area (Å²) in [5.41, 5.74) is 1.64.